The van der Waals surface area contributed by atoms with Crippen molar-refractivity contribution in [3.63, 3.8) is 0 Å². The number of nitrogens with two attached hydrogens (primary N) is 1. The molecule has 0 radical (unpaired) electrons. The van der Waals surface area contributed by atoms with Gasteiger partial charge in [0.05, 0.1) is 6.61 Å². The Bertz CT molecular complexity index is 206. The van der Waals surface area contributed by atoms with E-state index in [0.717, 1.165) is 12.8 Å². The van der Waals surface area contributed by atoms with Gasteiger partial charge in [0.2, 0.25) is 0 Å². The van der Waals surface area contributed by atoms with Crippen LogP contribution in [0.5, 0.6) is 0 Å². The van der Waals surface area contributed by atoms with Crippen molar-refractivity contribution in [2.45, 2.75) is 45.1 Å². The molecule has 0 spiro atoms. The SMILES string of the molecule is CCCC1CCC(=O)C(C(N)COC)C1. The monoisotopic (exact) mass is 213 g/mol. The summed E-state index contributed by atoms with van der Waals surface area (Å²) in [6, 6.07) is -0.109. The van der Waals surface area contributed by atoms with E-state index in [1.54, 1.807) is 7.11 Å². The topological polar surface area (TPSA) is 52.3 Å². The van der Waals surface area contributed by atoms with Crippen LogP contribution >= 0.6 is 0 Å². The van der Waals surface area contributed by atoms with E-state index in [1.165, 1.54) is 12.8 Å². The third kappa shape index (κ3) is 3.58. The van der Waals surface area contributed by atoms with Gasteiger partial charge >= 0.3 is 0 Å². The van der Waals surface area contributed by atoms with Gasteiger partial charge in [0.15, 0.2) is 0 Å². The second kappa shape index (κ2) is 6.23. The molecule has 3 nitrogen and oxygen atoms in total. The van der Waals surface area contributed by atoms with E-state index in [1.807, 2.05) is 0 Å². The average Bonchev–Trinajstić information content (AvgIpc) is 2.21. The van der Waals surface area contributed by atoms with Crippen LogP contribution in [0, 0.1) is 11.8 Å². The smallest absolute Gasteiger partial charge is 0.137 e. The van der Waals surface area contributed by atoms with E-state index in [2.05, 4.69) is 6.92 Å². The van der Waals surface area contributed by atoms with Crippen LogP contribution in [0.15, 0.2) is 0 Å². The van der Waals surface area contributed by atoms with Crippen molar-refractivity contribution in [3.05, 3.63) is 0 Å². The fraction of sp³-hybridized carbons (Fsp3) is 0.917. The largest absolute Gasteiger partial charge is 0.383 e. The molecule has 1 aliphatic rings. The first-order chi connectivity index (χ1) is 7.19. The van der Waals surface area contributed by atoms with Crippen molar-refractivity contribution in [2.24, 2.45) is 17.6 Å². The summed E-state index contributed by atoms with van der Waals surface area (Å²) >= 11 is 0. The molecule has 0 saturated heterocycles. The fourth-order valence-electron chi connectivity index (χ4n) is 2.53. The van der Waals surface area contributed by atoms with Gasteiger partial charge in [0.1, 0.15) is 5.78 Å². The Morgan fingerprint density at radius 1 is 1.60 bits per heavy atom. The average molecular weight is 213 g/mol. The number of ether oxygens (including phenoxy) is 1. The molecule has 0 aromatic rings. The van der Waals surface area contributed by atoms with Gasteiger partial charge in [-0.25, -0.2) is 0 Å². The van der Waals surface area contributed by atoms with E-state index in [4.69, 9.17) is 10.5 Å². The molecule has 1 saturated carbocycles. The van der Waals surface area contributed by atoms with Gasteiger partial charge in [0, 0.05) is 25.5 Å². The van der Waals surface area contributed by atoms with Gasteiger partial charge in [-0.05, 0) is 18.8 Å². The second-order valence-electron chi connectivity index (χ2n) is 4.62. The fourth-order valence-corrected chi connectivity index (χ4v) is 2.53. The molecular weight excluding hydrogens is 190 g/mol. The van der Waals surface area contributed by atoms with Crippen LogP contribution in [0.1, 0.15) is 39.0 Å². The maximum Gasteiger partial charge on any atom is 0.137 e. The van der Waals surface area contributed by atoms with E-state index < -0.39 is 0 Å². The zero-order valence-electron chi connectivity index (χ0n) is 9.87. The quantitative estimate of drug-likeness (QED) is 0.757. The van der Waals surface area contributed by atoms with Crippen molar-refractivity contribution >= 4 is 5.78 Å². The van der Waals surface area contributed by atoms with Crippen LogP contribution in [-0.4, -0.2) is 25.5 Å². The highest BCUT2D eigenvalue weighted by molar-refractivity contribution is 5.82. The van der Waals surface area contributed by atoms with Gasteiger partial charge < -0.3 is 10.5 Å². The Balaban J connectivity index is 2.49. The molecular formula is C12H23NO2. The van der Waals surface area contributed by atoms with Crippen molar-refractivity contribution in [3.8, 4) is 0 Å². The predicted molar refractivity (Wildman–Crippen MR) is 60.6 cm³/mol. The highest BCUT2D eigenvalue weighted by atomic mass is 16.5. The first-order valence-corrected chi connectivity index (χ1v) is 5.96. The number of Topliss-reactive ketones (excluding diaryl/α,β-unsaturated/α-hetero) is 1. The molecule has 0 aromatic heterocycles. The summed E-state index contributed by atoms with van der Waals surface area (Å²) in [7, 11) is 1.64. The van der Waals surface area contributed by atoms with Crippen LogP contribution < -0.4 is 5.73 Å². The van der Waals surface area contributed by atoms with E-state index in [-0.39, 0.29) is 12.0 Å². The number of methoxy groups -OCH3 is 1. The van der Waals surface area contributed by atoms with Crippen LogP contribution in [0.25, 0.3) is 0 Å². The maximum atomic E-state index is 11.7. The van der Waals surface area contributed by atoms with Crippen molar-refractivity contribution < 1.29 is 9.53 Å². The van der Waals surface area contributed by atoms with Crippen LogP contribution in [0.2, 0.25) is 0 Å². The van der Waals surface area contributed by atoms with E-state index >= 15 is 0 Å². The molecule has 88 valence electrons. The Kier molecular flexibility index (Phi) is 5.26. The summed E-state index contributed by atoms with van der Waals surface area (Å²) in [5.41, 5.74) is 5.96. The lowest BCUT2D eigenvalue weighted by Crippen LogP contribution is -2.42. The van der Waals surface area contributed by atoms with Crippen LogP contribution in [0.4, 0.5) is 0 Å². The highest BCUT2D eigenvalue weighted by Crippen LogP contribution is 2.31. The molecule has 0 heterocycles. The van der Waals surface area contributed by atoms with Crippen molar-refractivity contribution in [2.75, 3.05) is 13.7 Å². The molecule has 1 fully saturated rings. The molecule has 1 rings (SSSR count). The van der Waals surface area contributed by atoms with Gasteiger partial charge in [-0.1, -0.05) is 19.8 Å². The summed E-state index contributed by atoms with van der Waals surface area (Å²) in [5, 5.41) is 0. The maximum absolute atomic E-state index is 11.7. The van der Waals surface area contributed by atoms with E-state index in [9.17, 15) is 4.79 Å². The number of rotatable bonds is 5. The Labute approximate surface area is 92.4 Å². The molecule has 1 aliphatic carbocycles. The molecule has 3 atom stereocenters. The minimum Gasteiger partial charge on any atom is -0.383 e. The molecule has 3 unspecified atom stereocenters. The molecule has 3 heteroatoms. The van der Waals surface area contributed by atoms with Crippen LogP contribution in [0.3, 0.4) is 0 Å². The standard InChI is InChI=1S/C12H23NO2/c1-3-4-9-5-6-12(14)10(7-9)11(13)8-15-2/h9-11H,3-8,13H2,1-2H3. The lowest BCUT2D eigenvalue weighted by atomic mass is 9.76. The summed E-state index contributed by atoms with van der Waals surface area (Å²) in [6.07, 6.45) is 5.17. The first kappa shape index (κ1) is 12.7. The van der Waals surface area contributed by atoms with Gasteiger partial charge in [-0.3, -0.25) is 4.79 Å². The number of hydrogen-bond acceptors (Lipinski definition) is 3. The summed E-state index contributed by atoms with van der Waals surface area (Å²) in [5.74, 6) is 1.07. The van der Waals surface area contributed by atoms with Crippen molar-refractivity contribution in [1.82, 2.24) is 0 Å². The zero-order chi connectivity index (χ0) is 11.3. The zero-order valence-corrected chi connectivity index (χ0v) is 9.87. The van der Waals surface area contributed by atoms with Gasteiger partial charge in [-0.2, -0.15) is 0 Å². The summed E-state index contributed by atoms with van der Waals surface area (Å²) in [4.78, 5) is 11.7. The number of hydrogen-bond donors (Lipinski definition) is 1. The minimum absolute atomic E-state index is 0.0373. The second-order valence-corrected chi connectivity index (χ2v) is 4.62. The van der Waals surface area contributed by atoms with E-state index in [0.29, 0.717) is 24.7 Å². The Morgan fingerprint density at radius 3 is 2.93 bits per heavy atom. The molecule has 2 N–H and O–H groups in total. The van der Waals surface area contributed by atoms with Crippen molar-refractivity contribution in [1.29, 1.82) is 0 Å². The summed E-state index contributed by atoms with van der Waals surface area (Å²) in [6.45, 7) is 2.69. The van der Waals surface area contributed by atoms with Gasteiger partial charge in [0.25, 0.3) is 0 Å². The normalized spacial score (nSPS) is 29.1. The van der Waals surface area contributed by atoms with Gasteiger partial charge in [-0.15, -0.1) is 0 Å². The third-order valence-electron chi connectivity index (χ3n) is 3.37. The Hall–Kier alpha value is -0.410. The Morgan fingerprint density at radius 2 is 2.33 bits per heavy atom. The van der Waals surface area contributed by atoms with Crippen LogP contribution in [-0.2, 0) is 9.53 Å². The molecule has 0 aliphatic heterocycles. The molecule has 0 bridgehead atoms. The predicted octanol–water partition coefficient (Wildman–Crippen LogP) is 1.75. The lowest BCUT2D eigenvalue weighted by Gasteiger charge is -2.31. The third-order valence-corrected chi connectivity index (χ3v) is 3.37. The summed E-state index contributed by atoms with van der Waals surface area (Å²) < 4.78 is 5.02. The first-order valence-electron chi connectivity index (χ1n) is 5.96. The number of ketones is 1. The molecule has 0 aromatic carbocycles. The molecule has 15 heavy (non-hydrogen) atoms. The molecule has 0 amide bonds. The highest BCUT2D eigenvalue weighted by Gasteiger charge is 2.32. The minimum atomic E-state index is -0.109. The number of carbonyl (C=O) groups is 1. The lowest BCUT2D eigenvalue weighted by molar-refractivity contribution is -0.126. The number of carbonyl (C=O) groups excluding carboxylic acids is 1.